The number of hydrogen-bond acceptors (Lipinski definition) is 3. The van der Waals surface area contributed by atoms with Crippen LogP contribution < -0.4 is 15.6 Å². The summed E-state index contributed by atoms with van der Waals surface area (Å²) in [4.78, 5) is 24.0. The third kappa shape index (κ3) is 6.07. The lowest BCUT2D eigenvalue weighted by molar-refractivity contribution is -0.123. The summed E-state index contributed by atoms with van der Waals surface area (Å²) in [6, 6.07) is 11.0. The van der Waals surface area contributed by atoms with Crippen LogP contribution in [-0.4, -0.2) is 18.4 Å². The van der Waals surface area contributed by atoms with E-state index in [1.165, 1.54) is 0 Å². The molecule has 144 valence electrons. The Bertz CT molecular complexity index is 861. The molecule has 0 radical (unpaired) electrons. The number of carbonyl (C=O) groups excluding carboxylic acids is 2. The van der Waals surface area contributed by atoms with Crippen molar-refractivity contribution in [3.8, 4) is 5.75 Å². The molecule has 0 atom stereocenters. The van der Waals surface area contributed by atoms with Crippen molar-refractivity contribution in [1.82, 2.24) is 10.9 Å². The van der Waals surface area contributed by atoms with E-state index < -0.39 is 11.8 Å². The lowest BCUT2D eigenvalue weighted by Crippen LogP contribution is -2.43. The number of ether oxygens (including phenoxy) is 1. The Balaban J connectivity index is 1.87. The summed E-state index contributed by atoms with van der Waals surface area (Å²) in [6.07, 6.45) is 0. The summed E-state index contributed by atoms with van der Waals surface area (Å²) in [5, 5.41) is 0. The highest BCUT2D eigenvalue weighted by Gasteiger charge is 2.16. The molecule has 0 aliphatic heterocycles. The zero-order valence-corrected chi connectivity index (χ0v) is 18.8. The minimum atomic E-state index is -0.457. The standard InChI is InChI=1S/C20H22Br2N2O3/c1-12-5-6-13(9-15(12)21)19(26)24-23-18(25)11-27-17-8-7-14(10-16(17)22)20(2,3)4/h5-10H,11H2,1-4H3,(H,23,25)(H,24,26). The number of aryl methyl sites for hydroxylation is 1. The first-order valence-electron chi connectivity index (χ1n) is 8.36. The predicted octanol–water partition coefficient (Wildman–Crippen LogP) is 4.66. The number of halogens is 2. The smallest absolute Gasteiger partial charge is 0.276 e. The normalized spacial score (nSPS) is 11.0. The highest BCUT2D eigenvalue weighted by molar-refractivity contribution is 9.10. The molecule has 0 fully saturated rings. The first kappa shape index (κ1) is 21.4. The summed E-state index contributed by atoms with van der Waals surface area (Å²) < 4.78 is 7.12. The molecular formula is C20H22Br2N2O3. The monoisotopic (exact) mass is 496 g/mol. The van der Waals surface area contributed by atoms with Crippen molar-refractivity contribution in [3.05, 3.63) is 62.0 Å². The highest BCUT2D eigenvalue weighted by Crippen LogP contribution is 2.31. The number of hydrogen-bond donors (Lipinski definition) is 2. The fourth-order valence-electron chi connectivity index (χ4n) is 2.20. The van der Waals surface area contributed by atoms with E-state index in [0.717, 1.165) is 20.1 Å². The molecule has 0 aromatic heterocycles. The van der Waals surface area contributed by atoms with Crippen LogP contribution in [-0.2, 0) is 10.2 Å². The van der Waals surface area contributed by atoms with E-state index in [-0.39, 0.29) is 12.0 Å². The van der Waals surface area contributed by atoms with Crippen LogP contribution in [0.2, 0.25) is 0 Å². The molecule has 0 bridgehead atoms. The summed E-state index contributed by atoms with van der Waals surface area (Å²) in [5.41, 5.74) is 7.36. The molecule has 5 nitrogen and oxygen atoms in total. The third-order valence-electron chi connectivity index (χ3n) is 3.91. The molecule has 0 unspecified atom stereocenters. The summed E-state index contributed by atoms with van der Waals surface area (Å²) >= 11 is 6.84. The van der Waals surface area contributed by atoms with E-state index in [4.69, 9.17) is 4.74 Å². The lowest BCUT2D eigenvalue weighted by Gasteiger charge is -2.20. The van der Waals surface area contributed by atoms with Crippen LogP contribution in [0.25, 0.3) is 0 Å². The second-order valence-electron chi connectivity index (χ2n) is 7.15. The summed E-state index contributed by atoms with van der Waals surface area (Å²) in [6.45, 7) is 8.08. The van der Waals surface area contributed by atoms with Crippen molar-refractivity contribution < 1.29 is 14.3 Å². The Morgan fingerprint density at radius 2 is 1.70 bits per heavy atom. The van der Waals surface area contributed by atoms with Gasteiger partial charge in [0.25, 0.3) is 11.8 Å². The molecule has 2 aromatic carbocycles. The fraction of sp³-hybridized carbons (Fsp3) is 0.300. The van der Waals surface area contributed by atoms with E-state index in [1.807, 2.05) is 31.2 Å². The van der Waals surface area contributed by atoms with Gasteiger partial charge in [-0.25, -0.2) is 0 Å². The van der Waals surface area contributed by atoms with Crippen molar-refractivity contribution in [2.75, 3.05) is 6.61 Å². The van der Waals surface area contributed by atoms with Crippen LogP contribution in [0, 0.1) is 6.92 Å². The molecule has 27 heavy (non-hydrogen) atoms. The van der Waals surface area contributed by atoms with Gasteiger partial charge in [-0.3, -0.25) is 20.4 Å². The SMILES string of the molecule is Cc1ccc(C(=O)NNC(=O)COc2ccc(C(C)(C)C)cc2Br)cc1Br. The van der Waals surface area contributed by atoms with Crippen LogP contribution in [0.4, 0.5) is 0 Å². The molecule has 0 saturated heterocycles. The van der Waals surface area contributed by atoms with Gasteiger partial charge in [-0.1, -0.05) is 48.8 Å². The molecule has 2 N–H and O–H groups in total. The zero-order chi connectivity index (χ0) is 20.2. The van der Waals surface area contributed by atoms with Crippen molar-refractivity contribution >= 4 is 43.7 Å². The zero-order valence-electron chi connectivity index (χ0n) is 15.7. The van der Waals surface area contributed by atoms with Crippen LogP contribution in [0.15, 0.2) is 45.3 Å². The number of amides is 2. The first-order chi connectivity index (χ1) is 12.6. The first-order valence-corrected chi connectivity index (χ1v) is 9.94. The largest absolute Gasteiger partial charge is 0.483 e. The van der Waals surface area contributed by atoms with Gasteiger partial charge in [-0.05, 0) is 63.7 Å². The molecule has 0 aliphatic carbocycles. The van der Waals surface area contributed by atoms with Crippen molar-refractivity contribution in [2.45, 2.75) is 33.1 Å². The van der Waals surface area contributed by atoms with Gasteiger partial charge in [-0.15, -0.1) is 0 Å². The van der Waals surface area contributed by atoms with Gasteiger partial charge >= 0.3 is 0 Å². The van der Waals surface area contributed by atoms with E-state index in [0.29, 0.717) is 11.3 Å². The average Bonchev–Trinajstić information content (AvgIpc) is 2.60. The number of carbonyl (C=O) groups is 2. The number of nitrogens with one attached hydrogen (secondary N) is 2. The van der Waals surface area contributed by atoms with Gasteiger partial charge in [0.05, 0.1) is 4.47 Å². The topological polar surface area (TPSA) is 67.4 Å². The molecule has 7 heteroatoms. The Hall–Kier alpha value is -1.86. The van der Waals surface area contributed by atoms with Gasteiger partial charge in [0.2, 0.25) is 0 Å². The third-order valence-corrected chi connectivity index (χ3v) is 5.38. The van der Waals surface area contributed by atoms with Gasteiger partial charge in [0, 0.05) is 10.0 Å². The fourth-order valence-corrected chi connectivity index (χ4v) is 3.07. The molecule has 2 rings (SSSR count). The Morgan fingerprint density at radius 1 is 1.00 bits per heavy atom. The molecule has 0 saturated carbocycles. The van der Waals surface area contributed by atoms with Crippen molar-refractivity contribution in [1.29, 1.82) is 0 Å². The highest BCUT2D eigenvalue weighted by atomic mass is 79.9. The minimum absolute atomic E-state index is 0.0215. The summed E-state index contributed by atoms with van der Waals surface area (Å²) in [7, 11) is 0. The summed E-state index contributed by atoms with van der Waals surface area (Å²) in [5.74, 6) is -0.298. The van der Waals surface area contributed by atoms with Crippen LogP contribution in [0.5, 0.6) is 5.75 Å². The van der Waals surface area contributed by atoms with Crippen LogP contribution in [0.1, 0.15) is 42.3 Å². The molecular weight excluding hydrogens is 476 g/mol. The number of benzene rings is 2. The van der Waals surface area contributed by atoms with Gasteiger partial charge in [0.1, 0.15) is 5.75 Å². The molecule has 2 aromatic rings. The Labute approximate surface area is 176 Å². The minimum Gasteiger partial charge on any atom is -0.483 e. The average molecular weight is 498 g/mol. The van der Waals surface area contributed by atoms with Gasteiger partial charge in [-0.2, -0.15) is 0 Å². The second kappa shape index (κ2) is 8.89. The van der Waals surface area contributed by atoms with E-state index in [9.17, 15) is 9.59 Å². The number of rotatable bonds is 4. The van der Waals surface area contributed by atoms with Crippen molar-refractivity contribution in [3.63, 3.8) is 0 Å². The second-order valence-corrected chi connectivity index (χ2v) is 8.86. The molecule has 0 heterocycles. The maximum atomic E-state index is 12.1. The van der Waals surface area contributed by atoms with Crippen molar-refractivity contribution in [2.24, 2.45) is 0 Å². The number of hydrazine groups is 1. The van der Waals surface area contributed by atoms with Crippen LogP contribution >= 0.6 is 31.9 Å². The Morgan fingerprint density at radius 3 is 2.30 bits per heavy atom. The van der Waals surface area contributed by atoms with E-state index >= 15 is 0 Å². The van der Waals surface area contributed by atoms with Gasteiger partial charge < -0.3 is 4.74 Å². The van der Waals surface area contributed by atoms with Gasteiger partial charge in [0.15, 0.2) is 6.61 Å². The van der Waals surface area contributed by atoms with Crippen LogP contribution in [0.3, 0.4) is 0 Å². The molecule has 0 spiro atoms. The van der Waals surface area contributed by atoms with E-state index in [1.54, 1.807) is 12.1 Å². The maximum Gasteiger partial charge on any atom is 0.276 e. The maximum absolute atomic E-state index is 12.1. The lowest BCUT2D eigenvalue weighted by atomic mass is 9.87. The van der Waals surface area contributed by atoms with E-state index in [2.05, 4.69) is 63.5 Å². The quantitative estimate of drug-likeness (QED) is 0.604. The Kier molecular flexibility index (Phi) is 7.06. The molecule has 2 amide bonds. The predicted molar refractivity (Wildman–Crippen MR) is 113 cm³/mol. The molecule has 0 aliphatic rings.